The van der Waals surface area contributed by atoms with Crippen LogP contribution in [-0.2, 0) is 13.0 Å². The van der Waals surface area contributed by atoms with Gasteiger partial charge in [-0.1, -0.05) is 12.1 Å². The van der Waals surface area contributed by atoms with Crippen LogP contribution in [0.15, 0.2) is 18.2 Å². The van der Waals surface area contributed by atoms with Crippen molar-refractivity contribution < 1.29 is 0 Å². The van der Waals surface area contributed by atoms with Gasteiger partial charge in [-0.2, -0.15) is 0 Å². The summed E-state index contributed by atoms with van der Waals surface area (Å²) in [7, 11) is 6.75. The Morgan fingerprint density at radius 1 is 1.14 bits per heavy atom. The lowest BCUT2D eigenvalue weighted by Gasteiger charge is -2.49. The second kappa shape index (κ2) is 5.98. The molecule has 21 heavy (non-hydrogen) atoms. The van der Waals surface area contributed by atoms with Gasteiger partial charge in [0.15, 0.2) is 0 Å². The van der Waals surface area contributed by atoms with Gasteiger partial charge in [0.25, 0.3) is 0 Å². The molecule has 0 amide bonds. The summed E-state index contributed by atoms with van der Waals surface area (Å²) in [4.78, 5) is 4.96. The molecule has 1 aromatic rings. The summed E-state index contributed by atoms with van der Waals surface area (Å²) in [5.74, 6) is 0. The van der Waals surface area contributed by atoms with Crippen molar-refractivity contribution in [1.82, 2.24) is 9.80 Å². The number of fused-ring (bicyclic) bond motifs is 1. The first-order valence-electron chi connectivity index (χ1n) is 8.31. The first kappa shape index (κ1) is 14.9. The molecule has 0 saturated heterocycles. The molecule has 116 valence electrons. The Bertz CT molecular complexity index is 491. The highest BCUT2D eigenvalue weighted by Gasteiger charge is 2.39. The molecule has 1 saturated carbocycles. The Hall–Kier alpha value is -1.06. The van der Waals surface area contributed by atoms with Gasteiger partial charge in [0, 0.05) is 30.9 Å². The van der Waals surface area contributed by atoms with Crippen molar-refractivity contribution in [3.63, 3.8) is 0 Å². The van der Waals surface area contributed by atoms with E-state index in [1.165, 1.54) is 49.9 Å². The minimum Gasteiger partial charge on any atom is -0.385 e. The van der Waals surface area contributed by atoms with Crippen LogP contribution in [0.25, 0.3) is 0 Å². The van der Waals surface area contributed by atoms with Gasteiger partial charge >= 0.3 is 0 Å². The van der Waals surface area contributed by atoms with Crippen molar-refractivity contribution in [2.24, 2.45) is 0 Å². The van der Waals surface area contributed by atoms with Crippen LogP contribution >= 0.6 is 0 Å². The maximum atomic E-state index is 3.54. The second-order valence-electron chi connectivity index (χ2n) is 7.12. The molecule has 3 heteroatoms. The Balaban J connectivity index is 1.69. The summed E-state index contributed by atoms with van der Waals surface area (Å²) < 4.78 is 0. The smallest absolute Gasteiger partial charge is 0.0375 e. The molecule has 1 fully saturated rings. The van der Waals surface area contributed by atoms with Crippen molar-refractivity contribution in [3.8, 4) is 0 Å². The molecule has 1 aromatic carbocycles. The Morgan fingerprint density at radius 2 is 1.95 bits per heavy atom. The van der Waals surface area contributed by atoms with Gasteiger partial charge in [0.05, 0.1) is 0 Å². The zero-order chi connectivity index (χ0) is 14.9. The predicted octanol–water partition coefficient (Wildman–Crippen LogP) is 2.96. The van der Waals surface area contributed by atoms with Gasteiger partial charge in [0.2, 0.25) is 0 Å². The second-order valence-corrected chi connectivity index (χ2v) is 7.12. The first-order valence-corrected chi connectivity index (χ1v) is 8.31. The molecule has 2 aliphatic rings. The summed E-state index contributed by atoms with van der Waals surface area (Å²) in [6.45, 7) is 3.37. The largest absolute Gasteiger partial charge is 0.385 e. The highest BCUT2D eigenvalue weighted by molar-refractivity contribution is 5.56. The van der Waals surface area contributed by atoms with Gasteiger partial charge < -0.3 is 15.1 Å². The number of nitrogens with zero attached hydrogens (tertiary/aromatic N) is 2. The average molecular weight is 287 g/mol. The Kier molecular flexibility index (Phi) is 4.23. The molecule has 0 bridgehead atoms. The molecule has 0 radical (unpaired) electrons. The number of hydrogen-bond acceptors (Lipinski definition) is 3. The molecule has 1 heterocycles. The van der Waals surface area contributed by atoms with Crippen LogP contribution in [0.4, 0.5) is 5.69 Å². The quantitative estimate of drug-likeness (QED) is 0.898. The third-order valence-corrected chi connectivity index (χ3v) is 5.43. The topological polar surface area (TPSA) is 18.5 Å². The molecule has 0 aromatic heterocycles. The van der Waals surface area contributed by atoms with Gasteiger partial charge in [-0.15, -0.1) is 0 Å². The van der Waals surface area contributed by atoms with Gasteiger partial charge in [-0.3, -0.25) is 0 Å². The normalized spacial score (nSPS) is 20.0. The van der Waals surface area contributed by atoms with Crippen LogP contribution in [-0.4, -0.2) is 49.6 Å². The summed E-state index contributed by atoms with van der Waals surface area (Å²) in [5.41, 5.74) is 4.83. The number of hydrogen-bond donors (Lipinski definition) is 1. The number of nitrogens with one attached hydrogen (secondary N) is 1. The third kappa shape index (κ3) is 2.95. The van der Waals surface area contributed by atoms with Crippen LogP contribution in [0.1, 0.15) is 36.8 Å². The van der Waals surface area contributed by atoms with Crippen molar-refractivity contribution in [2.75, 3.05) is 39.5 Å². The molecule has 0 unspecified atom stereocenters. The molecular weight excluding hydrogens is 258 g/mol. The molecular formula is C18H29N3. The van der Waals surface area contributed by atoms with Crippen LogP contribution in [0.5, 0.6) is 0 Å². The summed E-state index contributed by atoms with van der Waals surface area (Å²) in [6, 6.07) is 6.74. The van der Waals surface area contributed by atoms with E-state index >= 15 is 0 Å². The zero-order valence-corrected chi connectivity index (χ0v) is 13.8. The molecule has 3 rings (SSSR count). The van der Waals surface area contributed by atoms with E-state index in [-0.39, 0.29) is 0 Å². The summed E-state index contributed by atoms with van der Waals surface area (Å²) in [6.07, 6.45) is 6.56. The minimum absolute atomic E-state index is 0.418. The van der Waals surface area contributed by atoms with E-state index in [0.29, 0.717) is 5.54 Å². The molecule has 1 aliphatic heterocycles. The van der Waals surface area contributed by atoms with Crippen molar-refractivity contribution in [3.05, 3.63) is 29.3 Å². The molecule has 3 nitrogen and oxygen atoms in total. The zero-order valence-electron chi connectivity index (χ0n) is 13.8. The lowest BCUT2D eigenvalue weighted by Crippen LogP contribution is -2.56. The number of benzene rings is 1. The first-order chi connectivity index (χ1) is 10.1. The van der Waals surface area contributed by atoms with E-state index in [1.54, 1.807) is 5.56 Å². The maximum Gasteiger partial charge on any atom is 0.0375 e. The Morgan fingerprint density at radius 3 is 2.62 bits per heavy atom. The van der Waals surface area contributed by atoms with E-state index in [4.69, 9.17) is 0 Å². The van der Waals surface area contributed by atoms with E-state index in [1.807, 2.05) is 0 Å². The molecule has 1 N–H and O–H groups in total. The number of rotatable bonds is 5. The molecule has 0 spiro atoms. The van der Waals surface area contributed by atoms with Gasteiger partial charge in [0.1, 0.15) is 0 Å². The predicted molar refractivity (Wildman–Crippen MR) is 89.9 cm³/mol. The lowest BCUT2D eigenvalue weighted by atomic mass is 9.75. The van der Waals surface area contributed by atoms with E-state index in [0.717, 1.165) is 13.1 Å². The van der Waals surface area contributed by atoms with Crippen LogP contribution < -0.4 is 5.32 Å². The van der Waals surface area contributed by atoms with Crippen molar-refractivity contribution in [2.45, 2.75) is 44.2 Å². The molecule has 1 aliphatic carbocycles. The van der Waals surface area contributed by atoms with E-state index < -0.39 is 0 Å². The number of anilines is 1. The van der Waals surface area contributed by atoms with Crippen LogP contribution in [0, 0.1) is 0 Å². The maximum absolute atomic E-state index is 3.54. The van der Waals surface area contributed by atoms with Crippen molar-refractivity contribution >= 4 is 5.69 Å². The van der Waals surface area contributed by atoms with Gasteiger partial charge in [-0.25, -0.2) is 0 Å². The number of likely N-dealkylation sites (N-methyl/N-ethyl adjacent to an activating group) is 2. The summed E-state index contributed by atoms with van der Waals surface area (Å²) >= 11 is 0. The van der Waals surface area contributed by atoms with Crippen LogP contribution in [0.2, 0.25) is 0 Å². The monoisotopic (exact) mass is 287 g/mol. The fourth-order valence-electron chi connectivity index (χ4n) is 3.91. The fourth-order valence-corrected chi connectivity index (χ4v) is 3.91. The fraction of sp³-hybridized carbons (Fsp3) is 0.667. The lowest BCUT2D eigenvalue weighted by molar-refractivity contribution is 0.0258. The van der Waals surface area contributed by atoms with Crippen LogP contribution in [0.3, 0.4) is 0 Å². The standard InChI is InChI=1S/C18H29N3/c1-20(2)18(10-6-11-18)14-21(3)13-15-7-4-9-17-16(15)8-5-12-19-17/h4,7,9,19H,5-6,8,10-14H2,1-3H3. The minimum atomic E-state index is 0.418. The third-order valence-electron chi connectivity index (χ3n) is 5.43. The average Bonchev–Trinajstić information content (AvgIpc) is 2.43. The Labute approximate surface area is 129 Å². The van der Waals surface area contributed by atoms with E-state index in [2.05, 4.69) is 54.5 Å². The molecule has 0 atom stereocenters. The highest BCUT2D eigenvalue weighted by atomic mass is 15.2. The highest BCUT2D eigenvalue weighted by Crippen LogP contribution is 2.37. The van der Waals surface area contributed by atoms with Crippen molar-refractivity contribution in [1.29, 1.82) is 0 Å². The van der Waals surface area contributed by atoms with Gasteiger partial charge in [-0.05, 0) is 70.4 Å². The van der Waals surface area contributed by atoms with E-state index in [9.17, 15) is 0 Å². The summed E-state index contributed by atoms with van der Waals surface area (Å²) in [5, 5.41) is 3.54. The SMILES string of the molecule is CN(Cc1cccc2c1CCCN2)CC1(N(C)C)CCC1.